The van der Waals surface area contributed by atoms with Crippen LogP contribution in [0.4, 0.5) is 4.39 Å². The number of esters is 1. The van der Waals surface area contributed by atoms with E-state index in [0.29, 0.717) is 0 Å². The maximum Gasteiger partial charge on any atom is 0.307 e. The van der Waals surface area contributed by atoms with Gasteiger partial charge in [0.2, 0.25) is 0 Å². The van der Waals surface area contributed by atoms with Gasteiger partial charge in [-0.3, -0.25) is 4.79 Å². The highest BCUT2D eigenvalue weighted by Gasteiger charge is 2.20. The lowest BCUT2D eigenvalue weighted by atomic mass is 10.0. The summed E-state index contributed by atoms with van der Waals surface area (Å²) in [4.78, 5) is 11.7. The highest BCUT2D eigenvalue weighted by Crippen LogP contribution is 2.27. The van der Waals surface area contributed by atoms with E-state index in [1.54, 1.807) is 12.1 Å². The van der Waals surface area contributed by atoms with Crippen LogP contribution < -0.4 is 0 Å². The van der Waals surface area contributed by atoms with Gasteiger partial charge in [0.05, 0.1) is 19.6 Å². The van der Waals surface area contributed by atoms with Crippen LogP contribution in [0, 0.1) is 19.7 Å². The summed E-state index contributed by atoms with van der Waals surface area (Å²) in [5, 5.41) is 0. The molecule has 1 aromatic carbocycles. The van der Waals surface area contributed by atoms with Crippen molar-refractivity contribution >= 4 is 5.97 Å². The van der Waals surface area contributed by atoms with Crippen molar-refractivity contribution in [3.05, 3.63) is 59.2 Å². The van der Waals surface area contributed by atoms with Gasteiger partial charge in [-0.15, -0.1) is 0 Å². The van der Waals surface area contributed by atoms with Crippen LogP contribution in [-0.2, 0) is 9.53 Å². The van der Waals surface area contributed by atoms with Crippen molar-refractivity contribution in [3.63, 3.8) is 0 Å². The number of halogens is 1. The quantitative estimate of drug-likeness (QED) is 0.801. The second-order valence-electron chi connectivity index (χ2n) is 4.83. The third kappa shape index (κ3) is 2.90. The first-order chi connectivity index (χ1) is 9.52. The van der Waals surface area contributed by atoms with E-state index in [0.717, 1.165) is 17.0 Å². The Morgan fingerprint density at radius 2 is 1.70 bits per heavy atom. The SMILES string of the molecule is COC(=O)C[C@H](c1ccc(F)cc1)n1c(C)ccc1C. The van der Waals surface area contributed by atoms with Crippen molar-refractivity contribution in [2.45, 2.75) is 26.3 Å². The van der Waals surface area contributed by atoms with Crippen LogP contribution in [0.1, 0.15) is 29.4 Å². The van der Waals surface area contributed by atoms with Crippen molar-refractivity contribution in [1.29, 1.82) is 0 Å². The number of methoxy groups -OCH3 is 1. The van der Waals surface area contributed by atoms with E-state index in [1.807, 2.05) is 26.0 Å². The average molecular weight is 275 g/mol. The molecule has 0 bridgehead atoms. The Kier molecular flexibility index (Phi) is 4.23. The van der Waals surface area contributed by atoms with Crippen molar-refractivity contribution in [3.8, 4) is 0 Å². The maximum atomic E-state index is 13.1. The van der Waals surface area contributed by atoms with E-state index >= 15 is 0 Å². The minimum absolute atomic E-state index is 0.182. The van der Waals surface area contributed by atoms with Crippen LogP contribution in [0.3, 0.4) is 0 Å². The van der Waals surface area contributed by atoms with E-state index < -0.39 is 0 Å². The Bertz CT molecular complexity index is 582. The lowest BCUT2D eigenvalue weighted by molar-refractivity contribution is -0.141. The van der Waals surface area contributed by atoms with Gasteiger partial charge in [-0.2, -0.15) is 0 Å². The number of ether oxygens (including phenoxy) is 1. The van der Waals surface area contributed by atoms with Crippen molar-refractivity contribution < 1.29 is 13.9 Å². The molecule has 106 valence electrons. The van der Waals surface area contributed by atoms with E-state index in [1.165, 1.54) is 19.2 Å². The molecule has 1 heterocycles. The summed E-state index contributed by atoms with van der Waals surface area (Å²) >= 11 is 0. The fourth-order valence-corrected chi connectivity index (χ4v) is 2.46. The van der Waals surface area contributed by atoms with Crippen LogP contribution in [0.15, 0.2) is 36.4 Å². The van der Waals surface area contributed by atoms with Gasteiger partial charge >= 0.3 is 5.97 Å². The van der Waals surface area contributed by atoms with Gasteiger partial charge in [0.1, 0.15) is 5.82 Å². The highest BCUT2D eigenvalue weighted by molar-refractivity contribution is 5.70. The summed E-state index contributed by atoms with van der Waals surface area (Å²) in [6.45, 7) is 3.97. The van der Waals surface area contributed by atoms with Crippen LogP contribution in [-0.4, -0.2) is 17.6 Å². The molecule has 0 saturated heterocycles. The van der Waals surface area contributed by atoms with E-state index in [2.05, 4.69) is 4.57 Å². The van der Waals surface area contributed by atoms with Gasteiger partial charge in [0.25, 0.3) is 0 Å². The van der Waals surface area contributed by atoms with Gasteiger partial charge in [0, 0.05) is 11.4 Å². The number of nitrogens with zero attached hydrogens (tertiary/aromatic N) is 1. The van der Waals surface area contributed by atoms with E-state index in [9.17, 15) is 9.18 Å². The topological polar surface area (TPSA) is 31.2 Å². The third-order valence-electron chi connectivity index (χ3n) is 3.48. The molecular weight excluding hydrogens is 257 g/mol. The minimum atomic E-state index is -0.286. The second-order valence-corrected chi connectivity index (χ2v) is 4.83. The standard InChI is InChI=1S/C16H18FNO2/c1-11-4-5-12(2)18(11)15(10-16(19)20-3)13-6-8-14(17)9-7-13/h4-9,15H,10H2,1-3H3/t15-/m1/s1. The Hall–Kier alpha value is -2.10. The molecule has 0 radical (unpaired) electrons. The van der Waals surface area contributed by atoms with E-state index in [-0.39, 0.29) is 24.2 Å². The molecule has 1 aromatic heterocycles. The Labute approximate surface area is 118 Å². The van der Waals surface area contributed by atoms with Crippen LogP contribution in [0.25, 0.3) is 0 Å². The predicted molar refractivity (Wildman–Crippen MR) is 75.1 cm³/mol. The lowest BCUT2D eigenvalue weighted by Crippen LogP contribution is -2.18. The molecule has 0 N–H and O–H groups in total. The molecule has 0 amide bonds. The number of hydrogen-bond donors (Lipinski definition) is 0. The summed E-state index contributed by atoms with van der Waals surface area (Å²) in [6.07, 6.45) is 0.221. The molecule has 3 nitrogen and oxygen atoms in total. The number of hydrogen-bond acceptors (Lipinski definition) is 2. The number of benzene rings is 1. The fourth-order valence-electron chi connectivity index (χ4n) is 2.46. The first-order valence-electron chi connectivity index (χ1n) is 6.49. The van der Waals surface area contributed by atoms with Gasteiger partial charge in [0.15, 0.2) is 0 Å². The second kappa shape index (κ2) is 5.90. The van der Waals surface area contributed by atoms with Crippen molar-refractivity contribution in [1.82, 2.24) is 4.57 Å². The summed E-state index contributed by atoms with van der Waals surface area (Å²) in [5.41, 5.74) is 3.00. The molecule has 1 atom stereocenters. The summed E-state index contributed by atoms with van der Waals surface area (Å²) in [5.74, 6) is -0.571. The van der Waals surface area contributed by atoms with Gasteiger partial charge in [-0.1, -0.05) is 12.1 Å². The van der Waals surface area contributed by atoms with Gasteiger partial charge in [-0.25, -0.2) is 4.39 Å². The molecule has 0 unspecified atom stereocenters. The Balaban J connectivity index is 2.44. The fraction of sp³-hybridized carbons (Fsp3) is 0.312. The molecule has 2 aromatic rings. The first-order valence-corrected chi connectivity index (χ1v) is 6.49. The lowest BCUT2D eigenvalue weighted by Gasteiger charge is -2.22. The normalized spacial score (nSPS) is 12.2. The highest BCUT2D eigenvalue weighted by atomic mass is 19.1. The first kappa shape index (κ1) is 14.3. The van der Waals surface area contributed by atoms with Gasteiger partial charge < -0.3 is 9.30 Å². The smallest absolute Gasteiger partial charge is 0.307 e. The molecule has 0 saturated carbocycles. The zero-order valence-corrected chi connectivity index (χ0v) is 11.9. The van der Waals surface area contributed by atoms with Crippen LogP contribution >= 0.6 is 0 Å². The number of aromatic nitrogens is 1. The van der Waals surface area contributed by atoms with Crippen molar-refractivity contribution in [2.24, 2.45) is 0 Å². The third-order valence-corrected chi connectivity index (χ3v) is 3.48. The zero-order valence-electron chi connectivity index (χ0n) is 11.9. The molecule has 4 heteroatoms. The number of carbonyl (C=O) groups excluding carboxylic acids is 1. The zero-order chi connectivity index (χ0) is 14.7. The predicted octanol–water partition coefficient (Wildman–Crippen LogP) is 3.40. The van der Waals surface area contributed by atoms with Crippen LogP contribution in [0.2, 0.25) is 0 Å². The Morgan fingerprint density at radius 3 is 2.20 bits per heavy atom. The number of rotatable bonds is 4. The van der Waals surface area contributed by atoms with Gasteiger partial charge in [-0.05, 0) is 43.7 Å². The summed E-state index contributed by atoms with van der Waals surface area (Å²) in [7, 11) is 1.37. The average Bonchev–Trinajstić information content (AvgIpc) is 2.76. The molecule has 0 aliphatic rings. The largest absolute Gasteiger partial charge is 0.469 e. The molecule has 0 aliphatic heterocycles. The molecule has 0 spiro atoms. The molecule has 20 heavy (non-hydrogen) atoms. The molecule has 0 aliphatic carbocycles. The number of carbonyl (C=O) groups is 1. The van der Waals surface area contributed by atoms with Crippen LogP contribution in [0.5, 0.6) is 0 Å². The van der Waals surface area contributed by atoms with E-state index in [4.69, 9.17) is 4.74 Å². The summed E-state index contributed by atoms with van der Waals surface area (Å²) in [6, 6.07) is 10.1. The minimum Gasteiger partial charge on any atom is -0.469 e. The molecule has 0 fully saturated rings. The summed E-state index contributed by atoms with van der Waals surface area (Å²) < 4.78 is 19.9. The Morgan fingerprint density at radius 1 is 1.15 bits per heavy atom. The molecule has 2 rings (SSSR count). The number of aryl methyl sites for hydroxylation is 2. The molecular formula is C16H18FNO2. The van der Waals surface area contributed by atoms with Crippen molar-refractivity contribution in [2.75, 3.05) is 7.11 Å². The monoisotopic (exact) mass is 275 g/mol. The maximum absolute atomic E-state index is 13.1.